The van der Waals surface area contributed by atoms with E-state index in [1.54, 1.807) is 12.4 Å². The molecular weight excluding hydrogens is 236 g/mol. The van der Waals surface area contributed by atoms with Crippen molar-refractivity contribution >= 4 is 17.4 Å². The first-order chi connectivity index (χ1) is 8.20. The highest BCUT2D eigenvalue weighted by molar-refractivity contribution is 6.29. The zero-order valence-electron chi connectivity index (χ0n) is 10.4. The second kappa shape index (κ2) is 5.65. The maximum absolute atomic E-state index is 5.86. The van der Waals surface area contributed by atoms with Crippen LogP contribution in [0.1, 0.15) is 25.7 Å². The molecule has 1 aromatic heterocycles. The Morgan fingerprint density at radius 1 is 1.29 bits per heavy atom. The maximum atomic E-state index is 5.86. The molecule has 0 unspecified atom stereocenters. The number of hydrogen-bond acceptors (Lipinski definition) is 4. The Morgan fingerprint density at radius 3 is 2.59 bits per heavy atom. The fourth-order valence-electron chi connectivity index (χ4n) is 2.44. The van der Waals surface area contributed by atoms with Crippen molar-refractivity contribution in [3.63, 3.8) is 0 Å². The SMILES string of the molecule is CNC1CCC(N(C)c2cncc(Cl)n2)CC1. The lowest BCUT2D eigenvalue weighted by atomic mass is 9.90. The number of halogens is 1. The summed E-state index contributed by atoms with van der Waals surface area (Å²) in [5.74, 6) is 0.866. The van der Waals surface area contributed by atoms with Gasteiger partial charge in [0, 0.05) is 19.1 Å². The first-order valence-corrected chi connectivity index (χ1v) is 6.46. The van der Waals surface area contributed by atoms with Gasteiger partial charge in [-0.25, -0.2) is 4.98 Å². The summed E-state index contributed by atoms with van der Waals surface area (Å²) in [6.07, 6.45) is 8.16. The lowest BCUT2D eigenvalue weighted by molar-refractivity contribution is 0.350. The molecule has 17 heavy (non-hydrogen) atoms. The summed E-state index contributed by atoms with van der Waals surface area (Å²) in [5, 5.41) is 3.80. The van der Waals surface area contributed by atoms with Crippen LogP contribution in [0, 0.1) is 0 Å². The van der Waals surface area contributed by atoms with E-state index in [0.717, 1.165) is 5.82 Å². The quantitative estimate of drug-likeness (QED) is 0.897. The number of rotatable bonds is 3. The number of nitrogens with zero attached hydrogens (tertiary/aromatic N) is 3. The fourth-order valence-corrected chi connectivity index (χ4v) is 2.58. The second-order valence-electron chi connectivity index (χ2n) is 4.61. The lowest BCUT2D eigenvalue weighted by Crippen LogP contribution is -2.40. The van der Waals surface area contributed by atoms with Crippen molar-refractivity contribution in [3.8, 4) is 0 Å². The molecule has 0 aromatic carbocycles. The molecule has 0 spiro atoms. The van der Waals surface area contributed by atoms with Crippen molar-refractivity contribution in [3.05, 3.63) is 17.5 Å². The molecular formula is C12H19ClN4. The molecule has 0 aliphatic heterocycles. The summed E-state index contributed by atoms with van der Waals surface area (Å²) in [6, 6.07) is 1.22. The first kappa shape index (κ1) is 12.6. The van der Waals surface area contributed by atoms with E-state index in [-0.39, 0.29) is 0 Å². The molecule has 5 heteroatoms. The molecule has 2 rings (SSSR count). The average Bonchev–Trinajstić information content (AvgIpc) is 2.38. The predicted octanol–water partition coefficient (Wildman–Crippen LogP) is 2.10. The third kappa shape index (κ3) is 3.07. The van der Waals surface area contributed by atoms with Crippen LogP contribution < -0.4 is 10.2 Å². The second-order valence-corrected chi connectivity index (χ2v) is 4.99. The molecule has 1 aliphatic carbocycles. The lowest BCUT2D eigenvalue weighted by Gasteiger charge is -2.35. The normalized spacial score (nSPS) is 24.6. The fraction of sp³-hybridized carbons (Fsp3) is 0.667. The molecule has 0 amide bonds. The van der Waals surface area contributed by atoms with E-state index < -0.39 is 0 Å². The van der Waals surface area contributed by atoms with Crippen LogP contribution in [0.25, 0.3) is 0 Å². The van der Waals surface area contributed by atoms with Crippen molar-refractivity contribution in [1.82, 2.24) is 15.3 Å². The van der Waals surface area contributed by atoms with Crippen LogP contribution in [-0.2, 0) is 0 Å². The van der Waals surface area contributed by atoms with Gasteiger partial charge in [0.2, 0.25) is 0 Å². The molecule has 1 aromatic rings. The number of aromatic nitrogens is 2. The van der Waals surface area contributed by atoms with Crippen molar-refractivity contribution in [2.24, 2.45) is 0 Å². The minimum absolute atomic E-state index is 0.457. The van der Waals surface area contributed by atoms with E-state index in [1.165, 1.54) is 25.7 Å². The van der Waals surface area contributed by atoms with Crippen LogP contribution in [0.3, 0.4) is 0 Å². The van der Waals surface area contributed by atoms with E-state index >= 15 is 0 Å². The van der Waals surface area contributed by atoms with Gasteiger partial charge in [-0.3, -0.25) is 4.98 Å². The molecule has 1 fully saturated rings. The van der Waals surface area contributed by atoms with Crippen molar-refractivity contribution < 1.29 is 0 Å². The van der Waals surface area contributed by atoms with Crippen LogP contribution in [0.4, 0.5) is 5.82 Å². The Morgan fingerprint density at radius 2 is 2.00 bits per heavy atom. The van der Waals surface area contributed by atoms with Gasteiger partial charge in [0.15, 0.2) is 0 Å². The van der Waals surface area contributed by atoms with Crippen molar-refractivity contribution in [1.29, 1.82) is 0 Å². The van der Waals surface area contributed by atoms with E-state index in [1.807, 2.05) is 7.05 Å². The smallest absolute Gasteiger partial charge is 0.149 e. The first-order valence-electron chi connectivity index (χ1n) is 6.08. The van der Waals surface area contributed by atoms with Crippen LogP contribution >= 0.6 is 11.6 Å². The molecule has 1 aliphatic rings. The van der Waals surface area contributed by atoms with Gasteiger partial charge in [-0.05, 0) is 32.7 Å². The largest absolute Gasteiger partial charge is 0.355 e. The van der Waals surface area contributed by atoms with Crippen LogP contribution in [0.5, 0.6) is 0 Å². The molecule has 0 saturated heterocycles. The van der Waals surface area contributed by atoms with Crippen LogP contribution in [0.2, 0.25) is 5.15 Å². The Balaban J connectivity index is 1.99. The maximum Gasteiger partial charge on any atom is 0.149 e. The zero-order valence-corrected chi connectivity index (χ0v) is 11.1. The molecule has 0 bridgehead atoms. The average molecular weight is 255 g/mol. The molecule has 1 heterocycles. The Labute approximate surface area is 107 Å². The van der Waals surface area contributed by atoms with E-state index in [4.69, 9.17) is 11.6 Å². The highest BCUT2D eigenvalue weighted by Gasteiger charge is 2.23. The highest BCUT2D eigenvalue weighted by Crippen LogP contribution is 2.25. The van der Waals surface area contributed by atoms with Gasteiger partial charge in [-0.15, -0.1) is 0 Å². The van der Waals surface area contributed by atoms with Gasteiger partial charge in [0.25, 0.3) is 0 Å². The van der Waals surface area contributed by atoms with Gasteiger partial charge in [0.05, 0.1) is 12.4 Å². The van der Waals surface area contributed by atoms with Gasteiger partial charge in [0.1, 0.15) is 11.0 Å². The number of hydrogen-bond donors (Lipinski definition) is 1. The van der Waals surface area contributed by atoms with Crippen LogP contribution in [0.15, 0.2) is 12.4 Å². The summed E-state index contributed by atoms with van der Waals surface area (Å²) in [6.45, 7) is 0. The van der Waals surface area contributed by atoms with Crippen molar-refractivity contribution in [2.75, 3.05) is 19.0 Å². The van der Waals surface area contributed by atoms with Crippen LogP contribution in [-0.4, -0.2) is 36.1 Å². The Bertz CT molecular complexity index is 363. The zero-order chi connectivity index (χ0) is 12.3. The molecule has 1 N–H and O–H groups in total. The summed E-state index contributed by atoms with van der Waals surface area (Å²) in [5.41, 5.74) is 0. The van der Waals surface area contributed by atoms with E-state index in [0.29, 0.717) is 17.2 Å². The Kier molecular flexibility index (Phi) is 4.18. The van der Waals surface area contributed by atoms with Gasteiger partial charge in [-0.1, -0.05) is 11.6 Å². The summed E-state index contributed by atoms with van der Waals surface area (Å²) in [4.78, 5) is 10.6. The third-order valence-corrected chi connectivity index (χ3v) is 3.79. The topological polar surface area (TPSA) is 41.0 Å². The van der Waals surface area contributed by atoms with E-state index in [2.05, 4.69) is 27.2 Å². The molecule has 0 radical (unpaired) electrons. The minimum Gasteiger partial charge on any atom is -0.355 e. The monoisotopic (exact) mass is 254 g/mol. The van der Waals surface area contributed by atoms with Gasteiger partial charge < -0.3 is 10.2 Å². The highest BCUT2D eigenvalue weighted by atomic mass is 35.5. The minimum atomic E-state index is 0.457. The van der Waals surface area contributed by atoms with Gasteiger partial charge >= 0.3 is 0 Å². The van der Waals surface area contributed by atoms with E-state index in [9.17, 15) is 0 Å². The number of nitrogens with one attached hydrogen (secondary N) is 1. The molecule has 1 saturated carbocycles. The standard InChI is InChI=1S/C12H19ClN4/c1-14-9-3-5-10(6-4-9)17(2)12-8-15-7-11(13)16-12/h7-10,14H,3-6H2,1-2H3. The summed E-state index contributed by atoms with van der Waals surface area (Å²) in [7, 11) is 4.11. The summed E-state index contributed by atoms with van der Waals surface area (Å²) < 4.78 is 0. The molecule has 0 atom stereocenters. The summed E-state index contributed by atoms with van der Waals surface area (Å²) >= 11 is 5.86. The Hall–Kier alpha value is -0.870. The van der Waals surface area contributed by atoms with Crippen molar-refractivity contribution in [2.45, 2.75) is 37.8 Å². The molecule has 94 valence electrons. The number of anilines is 1. The predicted molar refractivity (Wildman–Crippen MR) is 70.5 cm³/mol. The third-order valence-electron chi connectivity index (χ3n) is 3.61. The molecule has 4 nitrogen and oxygen atoms in total. The van der Waals surface area contributed by atoms with Gasteiger partial charge in [-0.2, -0.15) is 0 Å².